The molecule has 1 aromatic heterocycles. The smallest absolute Gasteiger partial charge is 0.354 e. The molecule has 1 aliphatic heterocycles. The Kier molecular flexibility index (Phi) is 5.97. The van der Waals surface area contributed by atoms with Gasteiger partial charge in [0.1, 0.15) is 5.69 Å². The van der Waals surface area contributed by atoms with Crippen LogP contribution in [0.1, 0.15) is 36.3 Å². The van der Waals surface area contributed by atoms with Gasteiger partial charge in [0.25, 0.3) is 0 Å². The van der Waals surface area contributed by atoms with Gasteiger partial charge in [0.2, 0.25) is 5.91 Å². The fraction of sp³-hybridized carbons (Fsp3) is 0.562. The molecule has 0 radical (unpaired) electrons. The maximum atomic E-state index is 12.0. The van der Waals surface area contributed by atoms with Crippen LogP contribution in [0, 0.1) is 0 Å². The van der Waals surface area contributed by atoms with E-state index >= 15 is 0 Å². The molecule has 3 amide bonds. The van der Waals surface area contributed by atoms with E-state index in [1.807, 2.05) is 21.7 Å². The van der Waals surface area contributed by atoms with E-state index in [-0.39, 0.29) is 24.0 Å². The predicted octanol–water partition coefficient (Wildman–Crippen LogP) is 0.756. The number of methoxy groups -OCH3 is 1. The topological polar surface area (TPSA) is 92.7 Å². The van der Waals surface area contributed by atoms with Crippen LogP contribution in [-0.4, -0.2) is 60.7 Å². The number of hydrogen-bond donors (Lipinski definition) is 2. The van der Waals surface area contributed by atoms with E-state index in [0.717, 1.165) is 12.8 Å². The lowest BCUT2D eigenvalue weighted by Crippen LogP contribution is -2.51. The summed E-state index contributed by atoms with van der Waals surface area (Å²) in [6.45, 7) is 3.21. The zero-order chi connectivity index (χ0) is 17.7. The number of carbonyl (C=O) groups excluding carboxylic acids is 3. The minimum atomic E-state index is -0.503. The molecule has 1 aliphatic rings. The van der Waals surface area contributed by atoms with Crippen molar-refractivity contribution in [2.75, 3.05) is 27.2 Å². The molecule has 0 spiro atoms. The second-order valence-corrected chi connectivity index (χ2v) is 5.80. The van der Waals surface area contributed by atoms with Crippen molar-refractivity contribution < 1.29 is 19.1 Å². The number of hydrogen-bond acceptors (Lipinski definition) is 5. The Labute approximate surface area is 141 Å². The highest BCUT2D eigenvalue weighted by molar-refractivity contribution is 5.96. The number of esters is 1. The lowest BCUT2D eigenvalue weighted by molar-refractivity contribution is -0.125. The highest BCUT2D eigenvalue weighted by Gasteiger charge is 2.29. The lowest BCUT2D eigenvalue weighted by Gasteiger charge is -2.36. The summed E-state index contributed by atoms with van der Waals surface area (Å²) < 4.78 is 6.75. The number of carbonyl (C=O) groups is 3. The number of rotatable bonds is 4. The average molecular weight is 336 g/mol. The molecule has 1 aromatic rings. The van der Waals surface area contributed by atoms with Crippen molar-refractivity contribution in [3.05, 3.63) is 24.0 Å². The second-order valence-electron chi connectivity index (χ2n) is 5.80. The van der Waals surface area contributed by atoms with Crippen molar-refractivity contribution in [2.45, 2.75) is 31.8 Å². The highest BCUT2D eigenvalue weighted by Crippen LogP contribution is 2.25. The van der Waals surface area contributed by atoms with Crippen molar-refractivity contribution in [3.8, 4) is 0 Å². The summed E-state index contributed by atoms with van der Waals surface area (Å²) in [6.07, 6.45) is 3.51. The van der Waals surface area contributed by atoms with Crippen LogP contribution in [-0.2, 0) is 9.53 Å². The molecular formula is C16H24N4O4. The Balaban J connectivity index is 1.94. The third kappa shape index (κ3) is 3.94. The van der Waals surface area contributed by atoms with Crippen LogP contribution in [0.3, 0.4) is 0 Å². The van der Waals surface area contributed by atoms with Gasteiger partial charge in [-0.25, -0.2) is 9.59 Å². The first-order valence-corrected chi connectivity index (χ1v) is 7.99. The van der Waals surface area contributed by atoms with Gasteiger partial charge in [-0.05, 0) is 31.9 Å². The van der Waals surface area contributed by atoms with Gasteiger partial charge in [-0.1, -0.05) is 0 Å². The van der Waals surface area contributed by atoms with Crippen molar-refractivity contribution in [1.82, 2.24) is 20.1 Å². The quantitative estimate of drug-likeness (QED) is 0.792. The van der Waals surface area contributed by atoms with E-state index in [9.17, 15) is 14.4 Å². The number of urea groups is 1. The lowest BCUT2D eigenvalue weighted by atomic mass is 10.0. The average Bonchev–Trinajstić information content (AvgIpc) is 3.10. The summed E-state index contributed by atoms with van der Waals surface area (Å²) in [5, 5.41) is 4.67. The Morgan fingerprint density at radius 1 is 1.29 bits per heavy atom. The van der Waals surface area contributed by atoms with Crippen LogP contribution in [0.5, 0.6) is 0 Å². The summed E-state index contributed by atoms with van der Waals surface area (Å²) in [7, 11) is 2.84. The molecule has 2 N–H and O–H groups in total. The molecule has 1 unspecified atom stereocenters. The molecule has 132 valence electrons. The van der Waals surface area contributed by atoms with Crippen molar-refractivity contribution in [3.63, 3.8) is 0 Å². The van der Waals surface area contributed by atoms with Crippen molar-refractivity contribution >= 4 is 17.9 Å². The summed E-state index contributed by atoms with van der Waals surface area (Å²) in [6, 6.07) is 2.89. The zero-order valence-electron chi connectivity index (χ0n) is 14.2. The van der Waals surface area contributed by atoms with E-state index < -0.39 is 6.03 Å². The molecule has 0 aliphatic carbocycles. The Morgan fingerprint density at radius 3 is 2.54 bits per heavy atom. The molecule has 0 bridgehead atoms. The van der Waals surface area contributed by atoms with Gasteiger partial charge < -0.3 is 14.6 Å². The molecular weight excluding hydrogens is 312 g/mol. The third-order valence-electron chi connectivity index (χ3n) is 4.46. The minimum absolute atomic E-state index is 0.194. The van der Waals surface area contributed by atoms with E-state index in [1.54, 1.807) is 13.0 Å². The predicted molar refractivity (Wildman–Crippen MR) is 87.7 cm³/mol. The van der Waals surface area contributed by atoms with Gasteiger partial charge in [0.15, 0.2) is 0 Å². The molecule has 2 rings (SSSR count). The fourth-order valence-electron chi connectivity index (χ4n) is 2.99. The molecule has 24 heavy (non-hydrogen) atoms. The number of aromatic nitrogens is 1. The van der Waals surface area contributed by atoms with Gasteiger partial charge in [-0.15, -0.1) is 0 Å². The van der Waals surface area contributed by atoms with E-state index in [2.05, 4.69) is 10.6 Å². The second kappa shape index (κ2) is 7.96. The molecule has 1 atom stereocenters. The van der Waals surface area contributed by atoms with E-state index in [4.69, 9.17) is 4.74 Å². The normalized spacial score (nSPS) is 17.1. The first-order valence-electron chi connectivity index (χ1n) is 7.99. The summed E-state index contributed by atoms with van der Waals surface area (Å²) in [5.74, 6) is -0.662. The van der Waals surface area contributed by atoms with Crippen molar-refractivity contribution in [2.24, 2.45) is 0 Å². The number of likely N-dealkylation sites (tertiary alicyclic amines) is 1. The van der Waals surface area contributed by atoms with Gasteiger partial charge in [-0.2, -0.15) is 0 Å². The van der Waals surface area contributed by atoms with Crippen LogP contribution >= 0.6 is 0 Å². The number of nitrogens with zero attached hydrogens (tertiary/aromatic N) is 2. The van der Waals surface area contributed by atoms with E-state index in [1.165, 1.54) is 14.2 Å². The number of amides is 3. The van der Waals surface area contributed by atoms with Crippen LogP contribution in [0.2, 0.25) is 0 Å². The Hall–Kier alpha value is -2.35. The summed E-state index contributed by atoms with van der Waals surface area (Å²) in [4.78, 5) is 37.1. The van der Waals surface area contributed by atoms with Crippen LogP contribution in [0.4, 0.5) is 4.79 Å². The molecule has 1 fully saturated rings. The maximum absolute atomic E-state index is 12.0. The molecule has 1 saturated heterocycles. The van der Waals surface area contributed by atoms with Crippen LogP contribution < -0.4 is 10.6 Å². The maximum Gasteiger partial charge on any atom is 0.354 e. The number of ether oxygens (including phenoxy) is 1. The Bertz CT molecular complexity index is 605. The SMILES string of the molecule is CNC(=O)NC(=O)C(C)N1CCC(n2cccc2C(=O)OC)CC1. The number of imide groups is 1. The number of nitrogens with one attached hydrogen (secondary N) is 2. The first-order chi connectivity index (χ1) is 11.5. The molecule has 2 heterocycles. The van der Waals surface area contributed by atoms with Gasteiger partial charge in [0.05, 0.1) is 13.2 Å². The largest absolute Gasteiger partial charge is 0.464 e. The summed E-state index contributed by atoms with van der Waals surface area (Å²) in [5.41, 5.74) is 0.543. The van der Waals surface area contributed by atoms with E-state index in [0.29, 0.717) is 18.8 Å². The van der Waals surface area contributed by atoms with Gasteiger partial charge in [0, 0.05) is 32.4 Å². The minimum Gasteiger partial charge on any atom is -0.464 e. The van der Waals surface area contributed by atoms with Crippen LogP contribution in [0.15, 0.2) is 18.3 Å². The summed E-state index contributed by atoms with van der Waals surface area (Å²) >= 11 is 0. The Morgan fingerprint density at radius 2 is 1.96 bits per heavy atom. The molecule has 0 aromatic carbocycles. The number of piperidine rings is 1. The fourth-order valence-corrected chi connectivity index (χ4v) is 2.99. The highest BCUT2D eigenvalue weighted by atomic mass is 16.5. The monoisotopic (exact) mass is 336 g/mol. The molecule has 8 heteroatoms. The first kappa shape index (κ1) is 18.0. The molecule has 8 nitrogen and oxygen atoms in total. The third-order valence-corrected chi connectivity index (χ3v) is 4.46. The molecule has 0 saturated carbocycles. The van der Waals surface area contributed by atoms with Crippen molar-refractivity contribution in [1.29, 1.82) is 0 Å². The zero-order valence-corrected chi connectivity index (χ0v) is 14.2. The van der Waals surface area contributed by atoms with Gasteiger partial charge in [-0.3, -0.25) is 15.0 Å². The standard InChI is InChI=1S/C16H24N4O4/c1-11(14(21)18-16(23)17-2)19-9-6-12(7-10-19)20-8-4-5-13(20)15(22)24-3/h4-5,8,11-12H,6-7,9-10H2,1-3H3,(H2,17,18,21,23). The van der Waals surface area contributed by atoms with Crippen LogP contribution in [0.25, 0.3) is 0 Å². The van der Waals surface area contributed by atoms with Gasteiger partial charge >= 0.3 is 12.0 Å².